The van der Waals surface area contributed by atoms with E-state index in [0.717, 1.165) is 24.5 Å². The minimum Gasteiger partial charge on any atom is -0.368 e. The second-order valence-electron chi connectivity index (χ2n) is 5.38. The number of piperazine rings is 1. The highest BCUT2D eigenvalue weighted by Gasteiger charge is 2.22. The topological polar surface area (TPSA) is 54.3 Å². The Morgan fingerprint density at radius 2 is 1.86 bits per heavy atom. The van der Waals surface area contributed by atoms with Crippen LogP contribution in [0.4, 0.5) is 10.1 Å². The van der Waals surface area contributed by atoms with Crippen LogP contribution in [0, 0.1) is 12.7 Å². The Morgan fingerprint density at radius 1 is 1.18 bits per heavy atom. The molecule has 2 heterocycles. The molecule has 3 rings (SSSR count). The first-order chi connectivity index (χ1) is 10.6. The predicted octanol–water partition coefficient (Wildman–Crippen LogP) is 1.07. The van der Waals surface area contributed by atoms with Crippen LogP contribution in [0.5, 0.6) is 0 Å². The fourth-order valence-corrected chi connectivity index (χ4v) is 2.56. The van der Waals surface area contributed by atoms with Gasteiger partial charge in [0.15, 0.2) is 0 Å². The average Bonchev–Trinajstić information content (AvgIpc) is 2.93. The zero-order valence-electron chi connectivity index (χ0n) is 12.4. The van der Waals surface area contributed by atoms with Gasteiger partial charge in [-0.1, -0.05) is 5.21 Å². The maximum atomic E-state index is 12.9. The maximum absolute atomic E-state index is 12.9. The summed E-state index contributed by atoms with van der Waals surface area (Å²) >= 11 is 0. The first kappa shape index (κ1) is 14.5. The molecule has 1 aromatic heterocycles. The van der Waals surface area contributed by atoms with Crippen LogP contribution in [0.15, 0.2) is 30.5 Å². The zero-order valence-corrected chi connectivity index (χ0v) is 12.4. The molecule has 6 nitrogen and oxygen atoms in total. The van der Waals surface area contributed by atoms with Crippen molar-refractivity contribution in [3.63, 3.8) is 0 Å². The lowest BCUT2D eigenvalue weighted by Crippen LogP contribution is -2.49. The first-order valence-electron chi connectivity index (χ1n) is 7.27. The fourth-order valence-electron chi connectivity index (χ4n) is 2.56. The van der Waals surface area contributed by atoms with Crippen molar-refractivity contribution in [2.45, 2.75) is 13.5 Å². The van der Waals surface area contributed by atoms with Gasteiger partial charge in [-0.2, -0.15) is 0 Å². The van der Waals surface area contributed by atoms with Gasteiger partial charge in [0.1, 0.15) is 12.4 Å². The van der Waals surface area contributed by atoms with Crippen molar-refractivity contribution in [3.8, 4) is 0 Å². The number of carbonyl (C=O) groups excluding carboxylic acids is 1. The van der Waals surface area contributed by atoms with Crippen LogP contribution in [-0.2, 0) is 11.3 Å². The Morgan fingerprint density at radius 3 is 2.45 bits per heavy atom. The monoisotopic (exact) mass is 303 g/mol. The number of aryl methyl sites for hydroxylation is 1. The van der Waals surface area contributed by atoms with E-state index in [4.69, 9.17) is 0 Å². The standard InChI is InChI=1S/C15H18FN5O/c1-12-10-17-18-21(12)11-15(22)20-8-6-19(7-9-20)14-4-2-13(16)3-5-14/h2-5,10H,6-9,11H2,1H3. The first-order valence-corrected chi connectivity index (χ1v) is 7.27. The molecule has 1 saturated heterocycles. The van der Waals surface area contributed by atoms with Crippen LogP contribution in [0.3, 0.4) is 0 Å². The molecule has 0 N–H and O–H groups in total. The molecule has 0 saturated carbocycles. The van der Waals surface area contributed by atoms with Gasteiger partial charge in [-0.3, -0.25) is 4.79 Å². The van der Waals surface area contributed by atoms with E-state index in [9.17, 15) is 9.18 Å². The van der Waals surface area contributed by atoms with E-state index in [1.165, 1.54) is 12.1 Å². The van der Waals surface area contributed by atoms with Gasteiger partial charge in [0, 0.05) is 31.9 Å². The van der Waals surface area contributed by atoms with Crippen molar-refractivity contribution in [1.29, 1.82) is 0 Å². The zero-order chi connectivity index (χ0) is 15.5. The summed E-state index contributed by atoms with van der Waals surface area (Å²) < 4.78 is 14.6. The molecule has 0 bridgehead atoms. The number of anilines is 1. The van der Waals surface area contributed by atoms with Gasteiger partial charge in [-0.05, 0) is 31.2 Å². The van der Waals surface area contributed by atoms with Gasteiger partial charge in [-0.25, -0.2) is 9.07 Å². The molecule has 1 aliphatic heterocycles. The number of aromatic nitrogens is 3. The smallest absolute Gasteiger partial charge is 0.244 e. The van der Waals surface area contributed by atoms with Gasteiger partial charge in [0.05, 0.1) is 11.9 Å². The quantitative estimate of drug-likeness (QED) is 0.851. The molecule has 1 aromatic carbocycles. The summed E-state index contributed by atoms with van der Waals surface area (Å²) in [5.74, 6) is -0.187. The minimum absolute atomic E-state index is 0.0485. The van der Waals surface area contributed by atoms with E-state index in [-0.39, 0.29) is 18.3 Å². The van der Waals surface area contributed by atoms with Crippen molar-refractivity contribution < 1.29 is 9.18 Å². The van der Waals surface area contributed by atoms with E-state index < -0.39 is 0 Å². The number of hydrogen-bond acceptors (Lipinski definition) is 4. The molecule has 0 radical (unpaired) electrons. The number of nitrogens with zero attached hydrogens (tertiary/aromatic N) is 5. The Hall–Kier alpha value is -2.44. The second-order valence-corrected chi connectivity index (χ2v) is 5.38. The summed E-state index contributed by atoms with van der Waals surface area (Å²) in [6.07, 6.45) is 1.64. The molecule has 1 fully saturated rings. The molecule has 116 valence electrons. The average molecular weight is 303 g/mol. The largest absolute Gasteiger partial charge is 0.368 e. The van der Waals surface area contributed by atoms with Crippen LogP contribution in [-0.4, -0.2) is 52.0 Å². The lowest BCUT2D eigenvalue weighted by Gasteiger charge is -2.36. The molecular formula is C15H18FN5O. The van der Waals surface area contributed by atoms with E-state index in [1.54, 1.807) is 23.0 Å². The van der Waals surface area contributed by atoms with E-state index in [2.05, 4.69) is 15.2 Å². The number of carbonyl (C=O) groups is 1. The molecule has 1 amide bonds. The molecule has 2 aromatic rings. The molecule has 0 atom stereocenters. The molecule has 0 unspecified atom stereocenters. The summed E-state index contributed by atoms with van der Waals surface area (Å²) in [4.78, 5) is 16.3. The minimum atomic E-state index is -0.235. The highest BCUT2D eigenvalue weighted by molar-refractivity contribution is 5.76. The van der Waals surface area contributed by atoms with Crippen LogP contribution in [0.2, 0.25) is 0 Å². The number of rotatable bonds is 3. The van der Waals surface area contributed by atoms with Crippen molar-refractivity contribution in [2.24, 2.45) is 0 Å². The molecule has 0 aliphatic carbocycles. The molecule has 1 aliphatic rings. The van der Waals surface area contributed by atoms with Crippen LogP contribution in [0.25, 0.3) is 0 Å². The summed E-state index contributed by atoms with van der Waals surface area (Å²) in [5, 5.41) is 7.68. The van der Waals surface area contributed by atoms with Crippen molar-refractivity contribution in [1.82, 2.24) is 19.9 Å². The Labute approximate surface area is 128 Å². The van der Waals surface area contributed by atoms with E-state index in [0.29, 0.717) is 13.1 Å². The van der Waals surface area contributed by atoms with Crippen LogP contribution < -0.4 is 4.90 Å². The number of benzene rings is 1. The lowest BCUT2D eigenvalue weighted by atomic mass is 10.2. The third kappa shape index (κ3) is 3.08. The highest BCUT2D eigenvalue weighted by Crippen LogP contribution is 2.17. The normalized spacial score (nSPS) is 15.2. The van der Waals surface area contributed by atoms with Crippen molar-refractivity contribution in [3.05, 3.63) is 42.0 Å². The molecule has 22 heavy (non-hydrogen) atoms. The third-order valence-electron chi connectivity index (χ3n) is 3.92. The maximum Gasteiger partial charge on any atom is 0.244 e. The molecular weight excluding hydrogens is 285 g/mol. The lowest BCUT2D eigenvalue weighted by molar-refractivity contribution is -0.132. The number of hydrogen-bond donors (Lipinski definition) is 0. The fraction of sp³-hybridized carbons (Fsp3) is 0.400. The summed E-state index contributed by atoms with van der Waals surface area (Å²) in [5.41, 5.74) is 1.86. The van der Waals surface area contributed by atoms with Crippen LogP contribution in [0.1, 0.15) is 5.69 Å². The third-order valence-corrected chi connectivity index (χ3v) is 3.92. The SMILES string of the molecule is Cc1cnnn1CC(=O)N1CCN(c2ccc(F)cc2)CC1. The van der Waals surface area contributed by atoms with Gasteiger partial charge in [0.25, 0.3) is 0 Å². The predicted molar refractivity (Wildman–Crippen MR) is 80.0 cm³/mol. The van der Waals surface area contributed by atoms with Crippen LogP contribution >= 0.6 is 0 Å². The van der Waals surface area contributed by atoms with Crippen molar-refractivity contribution in [2.75, 3.05) is 31.1 Å². The van der Waals surface area contributed by atoms with Gasteiger partial charge >= 0.3 is 0 Å². The summed E-state index contributed by atoms with van der Waals surface area (Å²) in [6.45, 7) is 4.90. The summed E-state index contributed by atoms with van der Waals surface area (Å²) in [6, 6.07) is 6.46. The Kier molecular flexibility index (Phi) is 4.04. The van der Waals surface area contributed by atoms with E-state index in [1.807, 2.05) is 11.8 Å². The molecule has 0 spiro atoms. The van der Waals surface area contributed by atoms with Crippen molar-refractivity contribution >= 4 is 11.6 Å². The summed E-state index contributed by atoms with van der Waals surface area (Å²) in [7, 11) is 0. The molecule has 7 heteroatoms. The van der Waals surface area contributed by atoms with Gasteiger partial charge < -0.3 is 9.80 Å². The van der Waals surface area contributed by atoms with E-state index >= 15 is 0 Å². The number of halogens is 1. The van der Waals surface area contributed by atoms with Gasteiger partial charge in [0.2, 0.25) is 5.91 Å². The Bertz CT molecular complexity index is 646. The Balaban J connectivity index is 1.56. The van der Waals surface area contributed by atoms with Gasteiger partial charge in [-0.15, -0.1) is 5.10 Å². The second kappa shape index (κ2) is 6.13. The number of amides is 1. The highest BCUT2D eigenvalue weighted by atomic mass is 19.1.